The smallest absolute Gasteiger partial charge is 0.107 e. The summed E-state index contributed by atoms with van der Waals surface area (Å²) in [6, 6.07) is 0.501. The van der Waals surface area contributed by atoms with E-state index in [2.05, 4.69) is 34.5 Å². The summed E-state index contributed by atoms with van der Waals surface area (Å²) in [6.45, 7) is 5.12. The molecule has 0 atom stereocenters. The van der Waals surface area contributed by atoms with Crippen LogP contribution in [0.15, 0.2) is 17.1 Å². The monoisotopic (exact) mass is 239 g/mol. The van der Waals surface area contributed by atoms with Crippen LogP contribution in [0, 0.1) is 0 Å². The largest absolute Gasteiger partial charge is 0.308 e. The van der Waals surface area contributed by atoms with E-state index in [4.69, 9.17) is 0 Å². The predicted octanol–water partition coefficient (Wildman–Crippen LogP) is 2.76. The molecule has 5 heteroatoms. The van der Waals surface area contributed by atoms with Crippen LogP contribution in [0.5, 0.6) is 0 Å². The van der Waals surface area contributed by atoms with Gasteiger partial charge in [-0.2, -0.15) is 0 Å². The fourth-order valence-electron chi connectivity index (χ4n) is 1.14. The Bertz CT molecular complexity index is 406. The van der Waals surface area contributed by atoms with Crippen LogP contribution >= 0.6 is 22.7 Å². The second kappa shape index (κ2) is 4.83. The van der Waals surface area contributed by atoms with E-state index in [0.29, 0.717) is 6.04 Å². The lowest BCUT2D eigenvalue weighted by molar-refractivity contribution is 0.587. The molecule has 0 spiro atoms. The molecule has 2 aromatic rings. The van der Waals surface area contributed by atoms with Crippen molar-refractivity contribution in [3.63, 3.8) is 0 Å². The molecule has 2 aromatic heterocycles. The number of rotatable bonds is 4. The van der Waals surface area contributed by atoms with Gasteiger partial charge < -0.3 is 5.32 Å². The maximum Gasteiger partial charge on any atom is 0.107 e. The fraction of sp³-hybridized carbons (Fsp3) is 0.400. The Morgan fingerprint density at radius 1 is 1.40 bits per heavy atom. The first kappa shape index (κ1) is 10.7. The number of nitrogens with one attached hydrogen (secondary N) is 1. The molecule has 0 aliphatic carbocycles. The van der Waals surface area contributed by atoms with Crippen molar-refractivity contribution in [1.82, 2.24) is 15.3 Å². The van der Waals surface area contributed by atoms with Crippen LogP contribution in [0.3, 0.4) is 0 Å². The minimum atomic E-state index is 0.501. The summed E-state index contributed by atoms with van der Waals surface area (Å²) in [6.07, 6.45) is 1.86. The summed E-state index contributed by atoms with van der Waals surface area (Å²) in [5.41, 5.74) is 2.88. The van der Waals surface area contributed by atoms with Gasteiger partial charge in [-0.05, 0) is 0 Å². The van der Waals surface area contributed by atoms with Crippen molar-refractivity contribution in [2.75, 3.05) is 0 Å². The third kappa shape index (κ3) is 2.84. The van der Waals surface area contributed by atoms with Crippen LogP contribution in [0.4, 0.5) is 0 Å². The van der Waals surface area contributed by atoms with Crippen LogP contribution in [0.2, 0.25) is 0 Å². The van der Waals surface area contributed by atoms with Crippen molar-refractivity contribution in [2.24, 2.45) is 0 Å². The standard InChI is InChI=1S/C10H13N3S2/c1-7(2)12-4-10-13-8(5-14-10)9-3-11-6-15-9/h3,5-7,12H,4H2,1-2H3. The van der Waals surface area contributed by atoms with Crippen molar-refractivity contribution in [2.45, 2.75) is 26.4 Å². The first-order chi connectivity index (χ1) is 7.25. The minimum absolute atomic E-state index is 0.501. The van der Waals surface area contributed by atoms with Gasteiger partial charge in [0.2, 0.25) is 0 Å². The number of hydrogen-bond acceptors (Lipinski definition) is 5. The Labute approximate surface area is 97.2 Å². The van der Waals surface area contributed by atoms with E-state index < -0.39 is 0 Å². The first-order valence-corrected chi connectivity index (χ1v) is 6.58. The molecule has 2 heterocycles. The SMILES string of the molecule is CC(C)NCc1nc(-c2cncs2)cs1. The highest BCUT2D eigenvalue weighted by molar-refractivity contribution is 7.14. The zero-order valence-corrected chi connectivity index (χ0v) is 10.4. The van der Waals surface area contributed by atoms with Gasteiger partial charge in [-0.15, -0.1) is 22.7 Å². The lowest BCUT2D eigenvalue weighted by Gasteiger charge is -2.04. The van der Waals surface area contributed by atoms with Gasteiger partial charge in [0.25, 0.3) is 0 Å². The Morgan fingerprint density at radius 3 is 2.93 bits per heavy atom. The van der Waals surface area contributed by atoms with Crippen LogP contribution in [0.1, 0.15) is 18.9 Å². The lowest BCUT2D eigenvalue weighted by atomic mass is 10.4. The number of aromatic nitrogens is 2. The molecule has 0 unspecified atom stereocenters. The van der Waals surface area contributed by atoms with E-state index in [0.717, 1.165) is 22.1 Å². The predicted molar refractivity (Wildman–Crippen MR) is 65.2 cm³/mol. The quantitative estimate of drug-likeness (QED) is 0.891. The molecule has 80 valence electrons. The molecule has 3 nitrogen and oxygen atoms in total. The van der Waals surface area contributed by atoms with Crippen LogP contribution in [0.25, 0.3) is 10.6 Å². The second-order valence-electron chi connectivity index (χ2n) is 3.53. The van der Waals surface area contributed by atoms with Crippen molar-refractivity contribution in [3.05, 3.63) is 22.1 Å². The molecular formula is C10H13N3S2. The second-order valence-corrected chi connectivity index (χ2v) is 5.36. The summed E-state index contributed by atoms with van der Waals surface area (Å²) in [5, 5.41) is 6.58. The molecule has 0 aromatic carbocycles. The highest BCUT2D eigenvalue weighted by Gasteiger charge is 2.05. The normalized spacial score (nSPS) is 11.1. The van der Waals surface area contributed by atoms with Crippen molar-refractivity contribution >= 4 is 22.7 Å². The molecule has 1 N–H and O–H groups in total. The molecule has 0 fully saturated rings. The summed E-state index contributed by atoms with van der Waals surface area (Å²) >= 11 is 3.32. The molecule has 0 aliphatic rings. The molecular weight excluding hydrogens is 226 g/mol. The highest BCUT2D eigenvalue weighted by atomic mass is 32.1. The first-order valence-electron chi connectivity index (χ1n) is 4.82. The summed E-state index contributed by atoms with van der Waals surface area (Å²) in [7, 11) is 0. The molecule has 0 bridgehead atoms. The van der Waals surface area contributed by atoms with Gasteiger partial charge in [-0.1, -0.05) is 13.8 Å². The Hall–Kier alpha value is -0.780. The maximum absolute atomic E-state index is 4.55. The molecule has 0 radical (unpaired) electrons. The van der Waals surface area contributed by atoms with E-state index >= 15 is 0 Å². The van der Waals surface area contributed by atoms with Gasteiger partial charge in [-0.25, -0.2) is 4.98 Å². The molecule has 0 saturated carbocycles. The summed E-state index contributed by atoms with van der Waals surface area (Å²) < 4.78 is 0. The van der Waals surface area contributed by atoms with Gasteiger partial charge >= 0.3 is 0 Å². The van der Waals surface area contributed by atoms with Crippen molar-refractivity contribution in [3.8, 4) is 10.6 Å². The average molecular weight is 239 g/mol. The van der Waals surface area contributed by atoms with E-state index in [1.807, 2.05) is 11.7 Å². The molecule has 0 amide bonds. The topological polar surface area (TPSA) is 37.8 Å². The molecule has 0 saturated heterocycles. The van der Waals surface area contributed by atoms with E-state index in [1.165, 1.54) is 0 Å². The van der Waals surface area contributed by atoms with Gasteiger partial charge in [0.15, 0.2) is 0 Å². The zero-order valence-electron chi connectivity index (χ0n) is 8.73. The van der Waals surface area contributed by atoms with Gasteiger partial charge in [0.1, 0.15) is 5.01 Å². The minimum Gasteiger partial charge on any atom is -0.308 e. The number of thiazole rings is 2. The zero-order chi connectivity index (χ0) is 10.7. The highest BCUT2D eigenvalue weighted by Crippen LogP contribution is 2.24. The summed E-state index contributed by atoms with van der Waals surface area (Å²) in [4.78, 5) is 9.74. The van der Waals surface area contributed by atoms with E-state index in [9.17, 15) is 0 Å². The average Bonchev–Trinajstić information content (AvgIpc) is 2.85. The van der Waals surface area contributed by atoms with Crippen LogP contribution in [-0.4, -0.2) is 16.0 Å². The summed E-state index contributed by atoms with van der Waals surface area (Å²) in [5.74, 6) is 0. The third-order valence-electron chi connectivity index (χ3n) is 1.90. The fourth-order valence-corrected chi connectivity index (χ4v) is 2.54. The molecule has 0 aliphatic heterocycles. The number of hydrogen-bond donors (Lipinski definition) is 1. The maximum atomic E-state index is 4.55. The van der Waals surface area contributed by atoms with Crippen molar-refractivity contribution in [1.29, 1.82) is 0 Å². The van der Waals surface area contributed by atoms with Gasteiger partial charge in [0, 0.05) is 24.2 Å². The lowest BCUT2D eigenvalue weighted by Crippen LogP contribution is -2.21. The van der Waals surface area contributed by atoms with Crippen molar-refractivity contribution < 1.29 is 0 Å². The third-order valence-corrected chi connectivity index (χ3v) is 3.54. The Morgan fingerprint density at radius 2 is 2.27 bits per heavy atom. The number of nitrogens with zero attached hydrogens (tertiary/aromatic N) is 2. The van der Waals surface area contributed by atoms with Gasteiger partial charge in [-0.3, -0.25) is 4.98 Å². The van der Waals surface area contributed by atoms with E-state index in [1.54, 1.807) is 22.7 Å². The van der Waals surface area contributed by atoms with Crippen LogP contribution in [-0.2, 0) is 6.54 Å². The van der Waals surface area contributed by atoms with Gasteiger partial charge in [0.05, 0.1) is 16.1 Å². The molecule has 2 rings (SSSR count). The van der Waals surface area contributed by atoms with E-state index in [-0.39, 0.29) is 0 Å². The van der Waals surface area contributed by atoms with Crippen LogP contribution < -0.4 is 5.32 Å². The molecule has 15 heavy (non-hydrogen) atoms. The Kier molecular flexibility index (Phi) is 3.45. The Balaban J connectivity index is 2.04.